The standard InChI is InChI=1S/C14H25N3/c1-10-6-5-7-14(12(10)3)15-9-13-8-11(2)16-17(13)4/h8,10,12,14-15H,5-7,9H2,1-4H3. The van der Waals surface area contributed by atoms with Gasteiger partial charge in [0.05, 0.1) is 11.4 Å². The maximum absolute atomic E-state index is 4.39. The fourth-order valence-corrected chi connectivity index (χ4v) is 2.94. The van der Waals surface area contributed by atoms with Crippen molar-refractivity contribution in [2.24, 2.45) is 18.9 Å². The molecule has 3 nitrogen and oxygen atoms in total. The van der Waals surface area contributed by atoms with Crippen molar-refractivity contribution in [1.29, 1.82) is 0 Å². The summed E-state index contributed by atoms with van der Waals surface area (Å²) < 4.78 is 1.99. The van der Waals surface area contributed by atoms with Crippen LogP contribution in [0.25, 0.3) is 0 Å². The molecule has 1 N–H and O–H groups in total. The molecule has 0 bridgehead atoms. The number of rotatable bonds is 3. The molecule has 1 aliphatic rings. The summed E-state index contributed by atoms with van der Waals surface area (Å²) in [5.41, 5.74) is 2.39. The molecule has 1 aromatic rings. The van der Waals surface area contributed by atoms with E-state index in [9.17, 15) is 0 Å². The van der Waals surface area contributed by atoms with Crippen molar-refractivity contribution in [3.8, 4) is 0 Å². The second-order valence-corrected chi connectivity index (χ2v) is 5.66. The maximum atomic E-state index is 4.39. The van der Waals surface area contributed by atoms with Crippen molar-refractivity contribution in [2.45, 2.75) is 52.6 Å². The minimum atomic E-state index is 0.675. The van der Waals surface area contributed by atoms with Crippen LogP contribution in [0.3, 0.4) is 0 Å². The van der Waals surface area contributed by atoms with Crippen LogP contribution in [0.5, 0.6) is 0 Å². The fourth-order valence-electron chi connectivity index (χ4n) is 2.94. The molecule has 0 aromatic carbocycles. The molecule has 1 fully saturated rings. The first-order valence-electron chi connectivity index (χ1n) is 6.81. The van der Waals surface area contributed by atoms with E-state index in [1.165, 1.54) is 25.0 Å². The highest BCUT2D eigenvalue weighted by Crippen LogP contribution is 2.29. The summed E-state index contributed by atoms with van der Waals surface area (Å²) in [7, 11) is 2.02. The van der Waals surface area contributed by atoms with E-state index in [0.717, 1.165) is 24.1 Å². The molecule has 17 heavy (non-hydrogen) atoms. The highest BCUT2D eigenvalue weighted by Gasteiger charge is 2.26. The second-order valence-electron chi connectivity index (χ2n) is 5.66. The molecule has 3 unspecified atom stereocenters. The number of hydrogen-bond donors (Lipinski definition) is 1. The Morgan fingerprint density at radius 2 is 2.18 bits per heavy atom. The first kappa shape index (κ1) is 12.6. The van der Waals surface area contributed by atoms with Gasteiger partial charge in [0.2, 0.25) is 0 Å². The van der Waals surface area contributed by atoms with E-state index < -0.39 is 0 Å². The van der Waals surface area contributed by atoms with Crippen LogP contribution in [0.1, 0.15) is 44.5 Å². The minimum Gasteiger partial charge on any atom is -0.308 e. The van der Waals surface area contributed by atoms with E-state index in [0.29, 0.717) is 6.04 Å². The summed E-state index contributed by atoms with van der Waals surface area (Å²) in [6, 6.07) is 2.85. The molecule has 3 atom stereocenters. The van der Waals surface area contributed by atoms with Gasteiger partial charge in [-0.2, -0.15) is 5.10 Å². The van der Waals surface area contributed by atoms with E-state index in [1.54, 1.807) is 0 Å². The van der Waals surface area contributed by atoms with Crippen LogP contribution in [-0.2, 0) is 13.6 Å². The molecule has 1 saturated carbocycles. The molecule has 1 heterocycles. The average molecular weight is 235 g/mol. The Morgan fingerprint density at radius 3 is 2.82 bits per heavy atom. The van der Waals surface area contributed by atoms with Gasteiger partial charge >= 0.3 is 0 Å². The predicted octanol–water partition coefficient (Wildman–Crippen LogP) is 2.64. The van der Waals surface area contributed by atoms with Gasteiger partial charge in [-0.05, 0) is 31.2 Å². The molecular formula is C14H25N3. The molecule has 0 amide bonds. The number of nitrogens with zero attached hydrogens (tertiary/aromatic N) is 2. The summed E-state index contributed by atoms with van der Waals surface area (Å²) in [6.07, 6.45) is 4.08. The Morgan fingerprint density at radius 1 is 1.41 bits per heavy atom. The van der Waals surface area contributed by atoms with Gasteiger partial charge in [0.15, 0.2) is 0 Å². The smallest absolute Gasteiger partial charge is 0.0597 e. The van der Waals surface area contributed by atoms with E-state index >= 15 is 0 Å². The first-order chi connectivity index (χ1) is 8.08. The molecular weight excluding hydrogens is 210 g/mol. The zero-order valence-corrected chi connectivity index (χ0v) is 11.5. The van der Waals surface area contributed by atoms with Crippen molar-refractivity contribution >= 4 is 0 Å². The second kappa shape index (κ2) is 5.21. The molecule has 1 aromatic heterocycles. The Bertz CT molecular complexity index is 370. The summed E-state index contributed by atoms with van der Waals surface area (Å²) in [5.74, 6) is 1.65. The van der Waals surface area contributed by atoms with Gasteiger partial charge in [-0.15, -0.1) is 0 Å². The van der Waals surface area contributed by atoms with E-state index in [1.807, 2.05) is 11.7 Å². The third-order valence-electron chi connectivity index (χ3n) is 4.35. The van der Waals surface area contributed by atoms with E-state index in [2.05, 4.69) is 37.3 Å². The van der Waals surface area contributed by atoms with Crippen molar-refractivity contribution in [3.63, 3.8) is 0 Å². The van der Waals surface area contributed by atoms with E-state index in [-0.39, 0.29) is 0 Å². The lowest BCUT2D eigenvalue weighted by atomic mass is 9.78. The van der Waals surface area contributed by atoms with Crippen molar-refractivity contribution in [2.75, 3.05) is 0 Å². The van der Waals surface area contributed by atoms with Gasteiger partial charge in [-0.3, -0.25) is 4.68 Å². The van der Waals surface area contributed by atoms with Crippen LogP contribution < -0.4 is 5.32 Å². The molecule has 0 aliphatic heterocycles. The quantitative estimate of drug-likeness (QED) is 0.873. The SMILES string of the molecule is Cc1cc(CNC2CCCC(C)C2C)n(C)n1. The van der Waals surface area contributed by atoms with Crippen LogP contribution in [0.2, 0.25) is 0 Å². The third-order valence-corrected chi connectivity index (χ3v) is 4.35. The van der Waals surface area contributed by atoms with Crippen LogP contribution in [0, 0.1) is 18.8 Å². The highest BCUT2D eigenvalue weighted by molar-refractivity contribution is 5.08. The number of aromatic nitrogens is 2. The largest absolute Gasteiger partial charge is 0.308 e. The van der Waals surface area contributed by atoms with Gasteiger partial charge in [0.25, 0.3) is 0 Å². The third kappa shape index (κ3) is 2.89. The number of hydrogen-bond acceptors (Lipinski definition) is 2. The fraction of sp³-hybridized carbons (Fsp3) is 0.786. The molecule has 1 aliphatic carbocycles. The molecule has 0 radical (unpaired) electrons. The summed E-state index contributed by atoms with van der Waals surface area (Å²) >= 11 is 0. The van der Waals surface area contributed by atoms with Crippen molar-refractivity contribution in [1.82, 2.24) is 15.1 Å². The lowest BCUT2D eigenvalue weighted by molar-refractivity contribution is 0.205. The lowest BCUT2D eigenvalue weighted by Gasteiger charge is -2.34. The van der Waals surface area contributed by atoms with Gasteiger partial charge in [0.1, 0.15) is 0 Å². The zero-order valence-electron chi connectivity index (χ0n) is 11.5. The molecule has 2 rings (SSSR count). The van der Waals surface area contributed by atoms with Gasteiger partial charge in [-0.25, -0.2) is 0 Å². The summed E-state index contributed by atoms with van der Waals surface area (Å²) in [6.45, 7) is 7.76. The Hall–Kier alpha value is -0.830. The first-order valence-corrected chi connectivity index (χ1v) is 6.81. The molecule has 0 spiro atoms. The number of aryl methyl sites for hydroxylation is 2. The maximum Gasteiger partial charge on any atom is 0.0597 e. The summed E-state index contributed by atoms with van der Waals surface area (Å²) in [4.78, 5) is 0. The van der Waals surface area contributed by atoms with Crippen molar-refractivity contribution in [3.05, 3.63) is 17.5 Å². The molecule has 0 saturated heterocycles. The van der Waals surface area contributed by atoms with Gasteiger partial charge in [0, 0.05) is 19.6 Å². The zero-order chi connectivity index (χ0) is 12.4. The van der Waals surface area contributed by atoms with Gasteiger partial charge < -0.3 is 5.32 Å². The predicted molar refractivity (Wildman–Crippen MR) is 70.8 cm³/mol. The minimum absolute atomic E-state index is 0.675. The Labute approximate surface area is 105 Å². The lowest BCUT2D eigenvalue weighted by Crippen LogP contribution is -2.40. The highest BCUT2D eigenvalue weighted by atomic mass is 15.3. The van der Waals surface area contributed by atoms with Gasteiger partial charge in [-0.1, -0.05) is 26.7 Å². The van der Waals surface area contributed by atoms with E-state index in [4.69, 9.17) is 0 Å². The Kier molecular flexibility index (Phi) is 3.87. The van der Waals surface area contributed by atoms with Crippen LogP contribution in [0.15, 0.2) is 6.07 Å². The normalized spacial score (nSPS) is 29.5. The average Bonchev–Trinajstić information content (AvgIpc) is 2.60. The monoisotopic (exact) mass is 235 g/mol. The topological polar surface area (TPSA) is 29.9 Å². The van der Waals surface area contributed by atoms with Crippen LogP contribution >= 0.6 is 0 Å². The molecule has 96 valence electrons. The van der Waals surface area contributed by atoms with Crippen LogP contribution in [-0.4, -0.2) is 15.8 Å². The van der Waals surface area contributed by atoms with Crippen molar-refractivity contribution < 1.29 is 0 Å². The summed E-state index contributed by atoms with van der Waals surface area (Å²) in [5, 5.41) is 8.10. The Balaban J connectivity index is 1.91. The van der Waals surface area contributed by atoms with Crippen LogP contribution in [0.4, 0.5) is 0 Å². The number of nitrogens with one attached hydrogen (secondary N) is 1. The molecule has 3 heteroatoms.